The first kappa shape index (κ1) is 23.1. The smallest absolute Gasteiger partial charge is 0.251 e. The molecule has 1 aliphatic carbocycles. The number of hydrogen-bond donors (Lipinski definition) is 3. The van der Waals surface area contributed by atoms with Crippen molar-refractivity contribution in [3.05, 3.63) is 77.6 Å². The lowest BCUT2D eigenvalue weighted by Gasteiger charge is -2.49. The van der Waals surface area contributed by atoms with Crippen molar-refractivity contribution in [1.82, 2.24) is 25.5 Å². The third-order valence-electron chi connectivity index (χ3n) is 8.46. The molecule has 1 saturated carbocycles. The molecule has 3 N–H and O–H groups in total. The molecule has 3 heterocycles. The van der Waals surface area contributed by atoms with E-state index >= 15 is 0 Å². The number of amides is 1. The van der Waals surface area contributed by atoms with Gasteiger partial charge in [-0.05, 0) is 57.0 Å². The molecule has 2 fully saturated rings. The molecule has 8 heteroatoms. The van der Waals surface area contributed by atoms with Crippen LogP contribution in [0.2, 0.25) is 0 Å². The average Bonchev–Trinajstić information content (AvgIpc) is 3.44. The molecule has 2 aromatic carbocycles. The van der Waals surface area contributed by atoms with Gasteiger partial charge in [-0.3, -0.25) is 15.0 Å². The number of carbonyl (C=O) groups is 1. The third-order valence-corrected chi connectivity index (χ3v) is 8.46. The van der Waals surface area contributed by atoms with E-state index in [1.807, 2.05) is 23.1 Å². The highest BCUT2D eigenvalue weighted by Crippen LogP contribution is 2.46. The Hall–Kier alpha value is -3.33. The van der Waals surface area contributed by atoms with Crippen molar-refractivity contribution in [2.75, 3.05) is 25.5 Å². The number of nitrogens with one attached hydrogen (secondary N) is 2. The van der Waals surface area contributed by atoms with E-state index in [4.69, 9.17) is 0 Å². The Labute approximate surface area is 211 Å². The van der Waals surface area contributed by atoms with Crippen LogP contribution in [-0.4, -0.2) is 58.4 Å². The minimum Gasteiger partial charge on any atom is -0.361 e. The zero-order chi connectivity index (χ0) is 24.9. The maximum Gasteiger partial charge on any atom is 0.251 e. The summed E-state index contributed by atoms with van der Waals surface area (Å²) in [5.41, 5.74) is 4.47. The summed E-state index contributed by atoms with van der Waals surface area (Å²) in [5.74, 6) is 0.526. The Balaban J connectivity index is 1.20. The van der Waals surface area contributed by atoms with Crippen LogP contribution in [0.25, 0.3) is 11.4 Å². The summed E-state index contributed by atoms with van der Waals surface area (Å²) < 4.78 is 0. The lowest BCUT2D eigenvalue weighted by Crippen LogP contribution is -2.54. The number of nitrogens with zero attached hydrogens (tertiary/aromatic N) is 4. The molecule has 36 heavy (non-hydrogen) atoms. The Morgan fingerprint density at radius 1 is 0.972 bits per heavy atom. The van der Waals surface area contributed by atoms with Gasteiger partial charge in [0, 0.05) is 35.3 Å². The molecule has 0 radical (unpaired) electrons. The zero-order valence-electron chi connectivity index (χ0n) is 20.7. The Kier molecular flexibility index (Phi) is 5.55. The van der Waals surface area contributed by atoms with Gasteiger partial charge in [0.2, 0.25) is 0 Å². The topological polar surface area (TPSA) is 93.6 Å². The van der Waals surface area contributed by atoms with Crippen molar-refractivity contribution in [2.24, 2.45) is 0 Å². The number of fused-ring (bicyclic) bond motifs is 1. The van der Waals surface area contributed by atoms with E-state index < -0.39 is 6.35 Å². The van der Waals surface area contributed by atoms with Gasteiger partial charge in [-0.25, -0.2) is 9.97 Å². The summed E-state index contributed by atoms with van der Waals surface area (Å²) in [5, 5.41) is 17.3. The zero-order valence-corrected chi connectivity index (χ0v) is 20.7. The monoisotopic (exact) mass is 484 g/mol. The molecule has 1 aromatic heterocycles. The first-order valence-electron chi connectivity index (χ1n) is 12.6. The maximum absolute atomic E-state index is 12.0. The molecular formula is C28H32N6O2. The van der Waals surface area contributed by atoms with Gasteiger partial charge in [0.1, 0.15) is 0 Å². The summed E-state index contributed by atoms with van der Waals surface area (Å²) in [4.78, 5) is 25.6. The lowest BCUT2D eigenvalue weighted by molar-refractivity contribution is 0.0513. The Morgan fingerprint density at radius 3 is 2.36 bits per heavy atom. The third kappa shape index (κ3) is 3.68. The van der Waals surface area contributed by atoms with E-state index in [2.05, 4.69) is 69.9 Å². The van der Waals surface area contributed by atoms with E-state index in [-0.39, 0.29) is 17.0 Å². The van der Waals surface area contributed by atoms with E-state index in [0.29, 0.717) is 24.5 Å². The van der Waals surface area contributed by atoms with Gasteiger partial charge in [0.15, 0.2) is 12.2 Å². The molecule has 1 unspecified atom stereocenters. The van der Waals surface area contributed by atoms with E-state index in [9.17, 15) is 9.90 Å². The van der Waals surface area contributed by atoms with Crippen molar-refractivity contribution >= 4 is 11.6 Å². The number of aliphatic hydroxyl groups is 1. The molecule has 3 aromatic rings. The Bertz CT molecular complexity index is 1270. The highest BCUT2D eigenvalue weighted by atomic mass is 16.3. The molecule has 3 aliphatic rings. The number of anilines is 1. The predicted octanol–water partition coefficient (Wildman–Crippen LogP) is 2.84. The van der Waals surface area contributed by atoms with Crippen LogP contribution < -0.4 is 15.5 Å². The maximum atomic E-state index is 12.0. The largest absolute Gasteiger partial charge is 0.361 e. The molecule has 1 saturated heterocycles. The number of hydrogen-bond acceptors (Lipinski definition) is 7. The van der Waals surface area contributed by atoms with Crippen LogP contribution >= 0.6 is 0 Å². The molecule has 1 atom stereocenters. The van der Waals surface area contributed by atoms with Crippen LogP contribution in [0, 0.1) is 0 Å². The van der Waals surface area contributed by atoms with Crippen LogP contribution in [0.5, 0.6) is 0 Å². The van der Waals surface area contributed by atoms with E-state index in [1.165, 1.54) is 5.56 Å². The van der Waals surface area contributed by atoms with Gasteiger partial charge in [-0.2, -0.15) is 0 Å². The van der Waals surface area contributed by atoms with Crippen molar-refractivity contribution in [3.63, 3.8) is 0 Å². The predicted molar refractivity (Wildman–Crippen MR) is 138 cm³/mol. The average molecular weight is 485 g/mol. The van der Waals surface area contributed by atoms with Crippen molar-refractivity contribution in [3.8, 4) is 11.4 Å². The van der Waals surface area contributed by atoms with Crippen molar-refractivity contribution in [2.45, 2.75) is 49.7 Å². The van der Waals surface area contributed by atoms with Crippen LogP contribution in [0.3, 0.4) is 0 Å². The van der Waals surface area contributed by atoms with Gasteiger partial charge in [0.05, 0.1) is 18.1 Å². The highest BCUT2D eigenvalue weighted by molar-refractivity contribution is 6.00. The standard InChI is InChI=1S/C28H32N6O2/c1-33(2)28(19-7-4-3-5-8-19)13-11-27(12-14-28)18-34(26(36)32-27)20-15-29-24(30-16-20)21-9-6-10-22-23(21)17-31-25(22)35/h3-10,15-16,26,32,36H,11-14,17-18H2,1-2H3,(H,31,35). The van der Waals surface area contributed by atoms with Crippen LogP contribution in [0.1, 0.15) is 47.2 Å². The van der Waals surface area contributed by atoms with E-state index in [1.54, 1.807) is 12.4 Å². The number of rotatable bonds is 4. The molecule has 0 bridgehead atoms. The summed E-state index contributed by atoms with van der Waals surface area (Å²) in [6.07, 6.45) is 6.70. The summed E-state index contributed by atoms with van der Waals surface area (Å²) in [7, 11) is 4.34. The van der Waals surface area contributed by atoms with Crippen molar-refractivity contribution < 1.29 is 9.90 Å². The fourth-order valence-corrected chi connectivity index (χ4v) is 6.30. The van der Waals surface area contributed by atoms with Gasteiger partial charge in [-0.1, -0.05) is 42.5 Å². The first-order valence-corrected chi connectivity index (χ1v) is 12.6. The fourth-order valence-electron chi connectivity index (χ4n) is 6.30. The van der Waals surface area contributed by atoms with Gasteiger partial charge in [-0.15, -0.1) is 0 Å². The van der Waals surface area contributed by atoms with Crippen LogP contribution in [-0.2, 0) is 12.1 Å². The number of carbonyl (C=O) groups excluding carboxylic acids is 1. The van der Waals surface area contributed by atoms with E-state index in [0.717, 1.165) is 42.5 Å². The molecule has 186 valence electrons. The van der Waals surface area contributed by atoms with Crippen molar-refractivity contribution in [1.29, 1.82) is 0 Å². The van der Waals surface area contributed by atoms with Crippen LogP contribution in [0.4, 0.5) is 5.69 Å². The van der Waals surface area contributed by atoms with Gasteiger partial charge in [0.25, 0.3) is 5.91 Å². The molecule has 6 rings (SSSR count). The number of benzene rings is 2. The lowest BCUT2D eigenvalue weighted by atomic mass is 9.69. The number of aromatic nitrogens is 2. The van der Waals surface area contributed by atoms with Crippen LogP contribution in [0.15, 0.2) is 60.9 Å². The highest BCUT2D eigenvalue weighted by Gasteiger charge is 2.50. The SMILES string of the molecule is CN(C)C1(c2ccccc2)CCC2(CC1)CN(c1cnc(-c3cccc4c3CNC4=O)nc1)C(O)N2. The molecule has 2 aliphatic heterocycles. The summed E-state index contributed by atoms with van der Waals surface area (Å²) >= 11 is 0. The van der Waals surface area contributed by atoms with Gasteiger partial charge < -0.3 is 15.3 Å². The molecule has 1 spiro atoms. The second-order valence-corrected chi connectivity index (χ2v) is 10.5. The minimum atomic E-state index is -0.786. The second-order valence-electron chi connectivity index (χ2n) is 10.5. The molecule has 1 amide bonds. The second kappa shape index (κ2) is 8.65. The number of aliphatic hydroxyl groups excluding tert-OH is 1. The quantitative estimate of drug-likeness (QED) is 0.524. The fraction of sp³-hybridized carbons (Fsp3) is 0.393. The summed E-state index contributed by atoms with van der Waals surface area (Å²) in [6, 6.07) is 16.4. The molecule has 8 nitrogen and oxygen atoms in total. The minimum absolute atomic E-state index is 0.00348. The normalized spacial score (nSPS) is 27.5. The summed E-state index contributed by atoms with van der Waals surface area (Å²) in [6.45, 7) is 1.19. The molecular weight excluding hydrogens is 452 g/mol. The van der Waals surface area contributed by atoms with Gasteiger partial charge >= 0.3 is 0 Å². The first-order chi connectivity index (χ1) is 17.4. The Morgan fingerprint density at radius 2 is 1.67 bits per heavy atom.